The van der Waals surface area contributed by atoms with Crippen LogP contribution in [-0.2, 0) is 24.5 Å². The van der Waals surface area contributed by atoms with Crippen LogP contribution in [0.4, 0.5) is 10.5 Å². The van der Waals surface area contributed by atoms with Crippen molar-refractivity contribution in [1.29, 1.82) is 0 Å². The summed E-state index contributed by atoms with van der Waals surface area (Å²) in [5.74, 6) is 2.11. The predicted molar refractivity (Wildman–Crippen MR) is 129 cm³/mol. The average Bonchev–Trinajstić information content (AvgIpc) is 3.07. The molecule has 8 heteroatoms. The van der Waals surface area contributed by atoms with Crippen LogP contribution in [0.1, 0.15) is 16.7 Å². The first-order valence-electron chi connectivity index (χ1n) is 11.2. The molecule has 2 heterocycles. The number of urea groups is 1. The smallest absolute Gasteiger partial charge is 0.322 e. The highest BCUT2D eigenvalue weighted by Crippen LogP contribution is 2.33. The van der Waals surface area contributed by atoms with Crippen LogP contribution in [0.15, 0.2) is 60.7 Å². The topological polar surface area (TPSA) is 69.3 Å². The minimum atomic E-state index is -0.197. The Balaban J connectivity index is 1.21. The first-order chi connectivity index (χ1) is 16.6. The van der Waals surface area contributed by atoms with Gasteiger partial charge in [0.2, 0.25) is 0 Å². The lowest BCUT2D eigenvalue weighted by molar-refractivity contribution is 0.107. The molecule has 34 heavy (non-hydrogen) atoms. The molecule has 0 atom stereocenters. The Bertz CT molecular complexity index is 1170. The van der Waals surface area contributed by atoms with E-state index >= 15 is 0 Å². The van der Waals surface area contributed by atoms with Crippen molar-refractivity contribution in [3.05, 3.63) is 82.4 Å². The first-order valence-corrected chi connectivity index (χ1v) is 11.5. The van der Waals surface area contributed by atoms with Gasteiger partial charge in [0, 0.05) is 22.3 Å². The van der Waals surface area contributed by atoms with E-state index in [-0.39, 0.29) is 6.03 Å². The zero-order valence-corrected chi connectivity index (χ0v) is 19.3. The number of fused-ring (bicyclic) bond motifs is 2. The Morgan fingerprint density at radius 3 is 2.41 bits per heavy atom. The van der Waals surface area contributed by atoms with Crippen molar-refractivity contribution in [2.24, 2.45) is 0 Å². The van der Waals surface area contributed by atoms with Crippen molar-refractivity contribution in [3.8, 4) is 17.2 Å². The van der Waals surface area contributed by atoms with Crippen LogP contribution in [0.5, 0.6) is 17.2 Å². The fourth-order valence-electron chi connectivity index (χ4n) is 3.90. The first kappa shape index (κ1) is 22.4. The summed E-state index contributed by atoms with van der Waals surface area (Å²) in [5.41, 5.74) is 3.68. The number of carbonyl (C=O) groups is 1. The molecular weight excluding hydrogens is 456 g/mol. The molecule has 7 nitrogen and oxygen atoms in total. The lowest BCUT2D eigenvalue weighted by atomic mass is 10.1. The quantitative estimate of drug-likeness (QED) is 0.540. The molecule has 5 rings (SSSR count). The number of carbonyl (C=O) groups excluding carboxylic acids is 1. The number of halogens is 1. The zero-order chi connectivity index (χ0) is 23.3. The molecule has 0 radical (unpaired) electrons. The number of nitrogens with zero attached hydrogens (tertiary/aromatic N) is 1. The molecule has 176 valence electrons. The zero-order valence-electron chi connectivity index (χ0n) is 18.6. The van der Waals surface area contributed by atoms with E-state index in [0.29, 0.717) is 68.3 Å². The van der Waals surface area contributed by atoms with Crippen molar-refractivity contribution < 1.29 is 23.7 Å². The second-order valence-corrected chi connectivity index (χ2v) is 8.56. The third kappa shape index (κ3) is 5.38. The summed E-state index contributed by atoms with van der Waals surface area (Å²) in [6, 6.07) is 18.8. The van der Waals surface area contributed by atoms with Gasteiger partial charge >= 0.3 is 6.03 Å². The van der Waals surface area contributed by atoms with Crippen molar-refractivity contribution in [3.63, 3.8) is 0 Å². The summed E-state index contributed by atoms with van der Waals surface area (Å²) in [7, 11) is 0. The number of ether oxygens (including phenoxy) is 4. The fourth-order valence-corrected chi connectivity index (χ4v) is 4.03. The molecule has 0 aliphatic carbocycles. The van der Waals surface area contributed by atoms with Gasteiger partial charge in [0.1, 0.15) is 25.6 Å². The van der Waals surface area contributed by atoms with Gasteiger partial charge in [0.15, 0.2) is 11.5 Å². The van der Waals surface area contributed by atoms with Gasteiger partial charge in [-0.3, -0.25) is 0 Å². The molecule has 0 unspecified atom stereocenters. The minimum Gasteiger partial charge on any atom is -0.491 e. The monoisotopic (exact) mass is 480 g/mol. The van der Waals surface area contributed by atoms with E-state index in [0.717, 1.165) is 22.4 Å². The molecule has 3 aromatic carbocycles. The van der Waals surface area contributed by atoms with Gasteiger partial charge in [0.05, 0.1) is 26.3 Å². The van der Waals surface area contributed by atoms with Crippen LogP contribution in [0.25, 0.3) is 0 Å². The number of amides is 2. The Morgan fingerprint density at radius 1 is 0.853 bits per heavy atom. The molecule has 2 aliphatic rings. The molecule has 0 spiro atoms. The number of rotatable bonds is 5. The van der Waals surface area contributed by atoms with E-state index in [1.165, 1.54) is 0 Å². The van der Waals surface area contributed by atoms with Gasteiger partial charge in [-0.1, -0.05) is 29.8 Å². The second kappa shape index (κ2) is 10.2. The van der Waals surface area contributed by atoms with Crippen LogP contribution in [0, 0.1) is 0 Å². The normalized spacial score (nSPS) is 14.6. The van der Waals surface area contributed by atoms with E-state index in [9.17, 15) is 4.79 Å². The average molecular weight is 481 g/mol. The summed E-state index contributed by atoms with van der Waals surface area (Å²) in [4.78, 5) is 14.7. The number of hydrogen-bond acceptors (Lipinski definition) is 5. The van der Waals surface area contributed by atoms with Crippen molar-refractivity contribution in [2.45, 2.75) is 19.8 Å². The van der Waals surface area contributed by atoms with Crippen molar-refractivity contribution >= 4 is 23.3 Å². The van der Waals surface area contributed by atoms with Crippen LogP contribution in [-0.4, -0.2) is 37.3 Å². The highest BCUT2D eigenvalue weighted by Gasteiger charge is 2.21. The molecular formula is C26H25ClN2O5. The van der Waals surface area contributed by atoms with E-state index in [1.54, 1.807) is 17.0 Å². The van der Waals surface area contributed by atoms with E-state index in [2.05, 4.69) is 5.32 Å². The summed E-state index contributed by atoms with van der Waals surface area (Å²) in [5, 5.41) is 3.66. The Hall–Kier alpha value is -3.42. The van der Waals surface area contributed by atoms with E-state index < -0.39 is 0 Å². The third-order valence-electron chi connectivity index (χ3n) is 5.64. The summed E-state index contributed by atoms with van der Waals surface area (Å²) >= 11 is 5.93. The Morgan fingerprint density at radius 2 is 1.56 bits per heavy atom. The molecule has 1 N–H and O–H groups in total. The lowest BCUT2D eigenvalue weighted by Gasteiger charge is -2.22. The van der Waals surface area contributed by atoms with Crippen LogP contribution in [0.3, 0.4) is 0 Å². The summed E-state index contributed by atoms with van der Waals surface area (Å²) in [6.45, 7) is 3.32. The number of hydrogen-bond donors (Lipinski definition) is 1. The molecule has 0 saturated carbocycles. The van der Waals surface area contributed by atoms with Crippen LogP contribution in [0.2, 0.25) is 5.02 Å². The number of benzene rings is 3. The van der Waals surface area contributed by atoms with E-state index in [1.807, 2.05) is 48.5 Å². The predicted octanol–water partition coefficient (Wildman–Crippen LogP) is 5.25. The second-order valence-electron chi connectivity index (χ2n) is 8.12. The third-order valence-corrected chi connectivity index (χ3v) is 5.89. The van der Waals surface area contributed by atoms with Crippen LogP contribution >= 0.6 is 11.6 Å². The molecule has 0 bridgehead atoms. The fraction of sp³-hybridized carbons (Fsp3) is 0.269. The molecule has 2 amide bonds. The van der Waals surface area contributed by atoms with E-state index in [4.69, 9.17) is 30.5 Å². The number of nitrogens with one attached hydrogen (secondary N) is 1. The van der Waals surface area contributed by atoms with Gasteiger partial charge < -0.3 is 29.2 Å². The maximum absolute atomic E-state index is 13.0. The van der Waals surface area contributed by atoms with Crippen molar-refractivity contribution in [2.75, 3.05) is 31.7 Å². The number of anilines is 1. The lowest BCUT2D eigenvalue weighted by Crippen LogP contribution is -2.36. The standard InChI is InChI=1S/C26H25ClN2O5/c27-21-4-1-18(2-5-21)16-31-17-19-3-7-23-20(13-19)15-29(9-10-32-23)26(30)28-22-6-8-24-25(14-22)34-12-11-33-24/h1-8,13-14H,9-12,15-17H2,(H,28,30). The molecule has 2 aliphatic heterocycles. The highest BCUT2D eigenvalue weighted by atomic mass is 35.5. The van der Waals surface area contributed by atoms with Crippen LogP contribution < -0.4 is 19.5 Å². The SMILES string of the molecule is O=C(Nc1ccc2c(c1)OCCO2)N1CCOc2ccc(COCc3ccc(Cl)cc3)cc2C1. The Kier molecular flexibility index (Phi) is 6.74. The summed E-state index contributed by atoms with van der Waals surface area (Å²) in [6.07, 6.45) is 0. The van der Waals surface area contributed by atoms with Gasteiger partial charge in [-0.05, 0) is 47.5 Å². The maximum atomic E-state index is 13.0. The molecule has 0 aromatic heterocycles. The Labute approximate surface area is 203 Å². The van der Waals surface area contributed by atoms with Gasteiger partial charge in [-0.15, -0.1) is 0 Å². The summed E-state index contributed by atoms with van der Waals surface area (Å²) < 4.78 is 22.9. The minimum absolute atomic E-state index is 0.197. The highest BCUT2D eigenvalue weighted by molar-refractivity contribution is 6.30. The molecule has 0 fully saturated rings. The largest absolute Gasteiger partial charge is 0.491 e. The maximum Gasteiger partial charge on any atom is 0.322 e. The van der Waals surface area contributed by atoms with Gasteiger partial charge in [0.25, 0.3) is 0 Å². The molecule has 0 saturated heterocycles. The van der Waals surface area contributed by atoms with Gasteiger partial charge in [-0.25, -0.2) is 4.79 Å². The van der Waals surface area contributed by atoms with Crippen molar-refractivity contribution in [1.82, 2.24) is 4.90 Å². The van der Waals surface area contributed by atoms with Gasteiger partial charge in [-0.2, -0.15) is 0 Å². The molecule has 3 aromatic rings.